The number of nitrogens with one attached hydrogen (secondary N) is 1. The smallest absolute Gasteiger partial charge is 0.0613 e. The number of rotatable bonds is 5. The lowest BCUT2D eigenvalue weighted by atomic mass is 9.97. The van der Waals surface area contributed by atoms with Crippen LogP contribution in [0.1, 0.15) is 46.5 Å². The van der Waals surface area contributed by atoms with Crippen molar-refractivity contribution in [3.63, 3.8) is 0 Å². The molecule has 3 heteroatoms. The third kappa shape index (κ3) is 3.94. The molecular weight excluding hydrogens is 224 g/mol. The number of hydrogen-bond acceptors (Lipinski definition) is 3. The van der Waals surface area contributed by atoms with E-state index in [2.05, 4.69) is 31.0 Å². The summed E-state index contributed by atoms with van der Waals surface area (Å²) in [6.07, 6.45) is 5.63. The molecule has 2 rings (SSSR count). The number of nitrogens with zero attached hydrogens (tertiary/aromatic N) is 1. The fourth-order valence-electron chi connectivity index (χ4n) is 3.51. The Morgan fingerprint density at radius 1 is 1.33 bits per heavy atom. The standard InChI is InChI=1S/C15H30N2O/c1-4-15-13(7-9-18-15)10-17-8-5-6-14(11-17)16-12(2)3/h12-16H,4-11H2,1-3H3. The van der Waals surface area contributed by atoms with Gasteiger partial charge in [0, 0.05) is 31.8 Å². The third-order valence-corrected chi connectivity index (χ3v) is 4.32. The van der Waals surface area contributed by atoms with Crippen LogP contribution in [0.25, 0.3) is 0 Å². The van der Waals surface area contributed by atoms with E-state index in [-0.39, 0.29) is 0 Å². The molecule has 2 aliphatic rings. The number of likely N-dealkylation sites (tertiary alicyclic amines) is 1. The van der Waals surface area contributed by atoms with Crippen LogP contribution in [-0.4, -0.2) is 49.3 Å². The Bertz CT molecular complexity index is 245. The Hall–Kier alpha value is -0.120. The zero-order valence-electron chi connectivity index (χ0n) is 12.3. The van der Waals surface area contributed by atoms with Crippen LogP contribution in [0.4, 0.5) is 0 Å². The van der Waals surface area contributed by atoms with Gasteiger partial charge in [0.2, 0.25) is 0 Å². The maximum absolute atomic E-state index is 5.81. The first-order chi connectivity index (χ1) is 8.69. The molecule has 1 N–H and O–H groups in total. The zero-order chi connectivity index (χ0) is 13.0. The van der Waals surface area contributed by atoms with E-state index < -0.39 is 0 Å². The van der Waals surface area contributed by atoms with E-state index in [4.69, 9.17) is 4.74 Å². The van der Waals surface area contributed by atoms with Crippen LogP contribution in [0.2, 0.25) is 0 Å². The highest BCUT2D eigenvalue weighted by molar-refractivity contribution is 4.84. The van der Waals surface area contributed by atoms with E-state index in [0.29, 0.717) is 18.2 Å². The van der Waals surface area contributed by atoms with Crippen molar-refractivity contribution >= 4 is 0 Å². The van der Waals surface area contributed by atoms with E-state index in [1.165, 1.54) is 45.3 Å². The Labute approximate surface area is 112 Å². The molecular formula is C15H30N2O. The molecule has 0 aromatic heterocycles. The van der Waals surface area contributed by atoms with Gasteiger partial charge in [0.05, 0.1) is 6.10 Å². The Morgan fingerprint density at radius 3 is 2.89 bits per heavy atom. The van der Waals surface area contributed by atoms with Gasteiger partial charge >= 0.3 is 0 Å². The summed E-state index contributed by atoms with van der Waals surface area (Å²) in [5.41, 5.74) is 0. The summed E-state index contributed by atoms with van der Waals surface area (Å²) >= 11 is 0. The van der Waals surface area contributed by atoms with Crippen LogP contribution in [0.3, 0.4) is 0 Å². The van der Waals surface area contributed by atoms with E-state index in [1.54, 1.807) is 0 Å². The molecule has 0 bridgehead atoms. The van der Waals surface area contributed by atoms with Crippen LogP contribution in [0.5, 0.6) is 0 Å². The van der Waals surface area contributed by atoms with Crippen molar-refractivity contribution in [3.8, 4) is 0 Å². The molecule has 2 saturated heterocycles. The Morgan fingerprint density at radius 2 is 2.17 bits per heavy atom. The topological polar surface area (TPSA) is 24.5 Å². The summed E-state index contributed by atoms with van der Waals surface area (Å²) in [6, 6.07) is 1.30. The van der Waals surface area contributed by atoms with Gasteiger partial charge in [-0.15, -0.1) is 0 Å². The van der Waals surface area contributed by atoms with Crippen LogP contribution < -0.4 is 5.32 Å². The van der Waals surface area contributed by atoms with E-state index in [0.717, 1.165) is 12.5 Å². The van der Waals surface area contributed by atoms with Crippen molar-refractivity contribution in [1.29, 1.82) is 0 Å². The summed E-state index contributed by atoms with van der Waals surface area (Å²) in [5.74, 6) is 0.771. The molecule has 3 atom stereocenters. The van der Waals surface area contributed by atoms with Gasteiger partial charge in [0.15, 0.2) is 0 Å². The quantitative estimate of drug-likeness (QED) is 0.814. The van der Waals surface area contributed by atoms with Gasteiger partial charge in [-0.25, -0.2) is 0 Å². The molecule has 3 nitrogen and oxygen atoms in total. The normalized spacial score (nSPS) is 34.3. The van der Waals surface area contributed by atoms with Gasteiger partial charge in [-0.2, -0.15) is 0 Å². The van der Waals surface area contributed by atoms with Gasteiger partial charge < -0.3 is 15.0 Å². The van der Waals surface area contributed by atoms with Crippen molar-refractivity contribution in [1.82, 2.24) is 10.2 Å². The van der Waals surface area contributed by atoms with Gasteiger partial charge in [-0.1, -0.05) is 20.8 Å². The summed E-state index contributed by atoms with van der Waals surface area (Å²) in [5, 5.41) is 3.69. The molecule has 2 heterocycles. The number of ether oxygens (including phenoxy) is 1. The molecule has 0 spiro atoms. The highest BCUT2D eigenvalue weighted by Crippen LogP contribution is 2.25. The fourth-order valence-corrected chi connectivity index (χ4v) is 3.51. The second-order valence-electron chi connectivity index (χ2n) is 6.29. The van der Waals surface area contributed by atoms with Gasteiger partial charge in [-0.3, -0.25) is 0 Å². The van der Waals surface area contributed by atoms with Crippen LogP contribution in [0, 0.1) is 5.92 Å². The first-order valence-corrected chi connectivity index (χ1v) is 7.79. The van der Waals surface area contributed by atoms with E-state index >= 15 is 0 Å². The maximum atomic E-state index is 5.81. The Balaban J connectivity index is 1.78. The van der Waals surface area contributed by atoms with Gasteiger partial charge in [0.1, 0.15) is 0 Å². The molecule has 3 unspecified atom stereocenters. The van der Waals surface area contributed by atoms with E-state index in [1.807, 2.05) is 0 Å². The number of piperidine rings is 1. The highest BCUT2D eigenvalue weighted by Gasteiger charge is 2.30. The van der Waals surface area contributed by atoms with Gasteiger partial charge in [-0.05, 0) is 38.1 Å². The minimum atomic E-state index is 0.517. The second-order valence-corrected chi connectivity index (χ2v) is 6.29. The van der Waals surface area contributed by atoms with Crippen LogP contribution >= 0.6 is 0 Å². The molecule has 0 radical (unpaired) electrons. The summed E-state index contributed by atoms with van der Waals surface area (Å²) in [6.45, 7) is 11.5. The first-order valence-electron chi connectivity index (χ1n) is 7.79. The van der Waals surface area contributed by atoms with Crippen molar-refractivity contribution in [3.05, 3.63) is 0 Å². The van der Waals surface area contributed by atoms with Crippen LogP contribution in [-0.2, 0) is 4.74 Å². The van der Waals surface area contributed by atoms with Crippen molar-refractivity contribution in [2.45, 2.75) is 64.6 Å². The molecule has 0 amide bonds. The predicted molar refractivity (Wildman–Crippen MR) is 75.9 cm³/mol. The lowest BCUT2D eigenvalue weighted by Gasteiger charge is -2.36. The summed E-state index contributed by atoms with van der Waals surface area (Å²) in [4.78, 5) is 2.66. The molecule has 0 aromatic rings. The molecule has 2 aliphatic heterocycles. The lowest BCUT2D eigenvalue weighted by Crippen LogP contribution is -2.49. The minimum Gasteiger partial charge on any atom is -0.378 e. The van der Waals surface area contributed by atoms with E-state index in [9.17, 15) is 0 Å². The van der Waals surface area contributed by atoms with Crippen LogP contribution in [0.15, 0.2) is 0 Å². The number of hydrogen-bond donors (Lipinski definition) is 1. The molecule has 106 valence electrons. The van der Waals surface area contributed by atoms with Crippen molar-refractivity contribution in [2.75, 3.05) is 26.2 Å². The average molecular weight is 254 g/mol. The fraction of sp³-hybridized carbons (Fsp3) is 1.00. The van der Waals surface area contributed by atoms with Gasteiger partial charge in [0.25, 0.3) is 0 Å². The predicted octanol–water partition coefficient (Wildman–Crippen LogP) is 2.26. The molecule has 2 fully saturated rings. The molecule has 18 heavy (non-hydrogen) atoms. The third-order valence-electron chi connectivity index (χ3n) is 4.32. The minimum absolute atomic E-state index is 0.517. The summed E-state index contributed by atoms with van der Waals surface area (Å²) < 4.78 is 5.81. The average Bonchev–Trinajstić information content (AvgIpc) is 2.76. The van der Waals surface area contributed by atoms with Crippen molar-refractivity contribution < 1.29 is 4.74 Å². The first kappa shape index (κ1) is 14.3. The highest BCUT2D eigenvalue weighted by atomic mass is 16.5. The molecule has 0 saturated carbocycles. The largest absolute Gasteiger partial charge is 0.378 e. The zero-order valence-corrected chi connectivity index (χ0v) is 12.3. The Kier molecular flexibility index (Phi) is 5.46. The monoisotopic (exact) mass is 254 g/mol. The van der Waals surface area contributed by atoms with Crippen molar-refractivity contribution in [2.24, 2.45) is 5.92 Å². The molecule has 0 aliphatic carbocycles. The lowest BCUT2D eigenvalue weighted by molar-refractivity contribution is 0.0692. The molecule has 0 aromatic carbocycles. The summed E-state index contributed by atoms with van der Waals surface area (Å²) in [7, 11) is 0. The SMILES string of the molecule is CCC1OCCC1CN1CCCC(NC(C)C)C1. The maximum Gasteiger partial charge on any atom is 0.0613 e. The second kappa shape index (κ2) is 6.88.